The van der Waals surface area contributed by atoms with Crippen LogP contribution in [0.1, 0.15) is 32.6 Å². The van der Waals surface area contributed by atoms with Crippen LogP contribution < -0.4 is 0 Å². The van der Waals surface area contributed by atoms with Gasteiger partial charge in [0.25, 0.3) is 0 Å². The Morgan fingerprint density at radius 3 is 2.59 bits per heavy atom. The summed E-state index contributed by atoms with van der Waals surface area (Å²) >= 11 is 0. The first-order valence-electron chi connectivity index (χ1n) is 7.25. The van der Waals surface area contributed by atoms with Gasteiger partial charge in [0.2, 0.25) is 0 Å². The lowest BCUT2D eigenvalue weighted by molar-refractivity contribution is 0.0524. The lowest BCUT2D eigenvalue weighted by atomic mass is 10.1. The molecule has 1 heterocycles. The second-order valence-electron chi connectivity index (χ2n) is 5.79. The maximum absolute atomic E-state index is 5.17. The molecule has 1 aliphatic heterocycles. The predicted octanol–water partition coefficient (Wildman–Crippen LogP) is 1.83. The third-order valence-corrected chi connectivity index (χ3v) is 4.42. The van der Waals surface area contributed by atoms with E-state index in [1.165, 1.54) is 51.9 Å². The highest BCUT2D eigenvalue weighted by atomic mass is 16.5. The molecule has 0 aromatic rings. The smallest absolute Gasteiger partial charge is 0.0589 e. The van der Waals surface area contributed by atoms with E-state index in [1.54, 1.807) is 7.11 Å². The van der Waals surface area contributed by atoms with Crippen molar-refractivity contribution in [3.05, 3.63) is 0 Å². The van der Waals surface area contributed by atoms with E-state index in [9.17, 15) is 0 Å². The number of piperazine rings is 1. The normalized spacial score (nSPS) is 28.9. The zero-order chi connectivity index (χ0) is 12.1. The summed E-state index contributed by atoms with van der Waals surface area (Å²) in [6.07, 6.45) is 5.87. The van der Waals surface area contributed by atoms with Gasteiger partial charge >= 0.3 is 0 Å². The summed E-state index contributed by atoms with van der Waals surface area (Å²) < 4.78 is 5.17. The predicted molar refractivity (Wildman–Crippen MR) is 71.3 cm³/mol. The van der Waals surface area contributed by atoms with Crippen molar-refractivity contribution < 1.29 is 4.74 Å². The van der Waals surface area contributed by atoms with Gasteiger partial charge in [0.1, 0.15) is 0 Å². The van der Waals surface area contributed by atoms with E-state index < -0.39 is 0 Å². The largest absolute Gasteiger partial charge is 0.383 e. The van der Waals surface area contributed by atoms with Gasteiger partial charge in [0.05, 0.1) is 6.61 Å². The standard InChI is InChI=1S/C14H28N2O/c1-13-11-15(12-14-5-3-4-6-14)7-8-16(13)9-10-17-2/h13-14H,3-12H2,1-2H3/t13-/m1/s1. The Morgan fingerprint density at radius 2 is 1.94 bits per heavy atom. The fourth-order valence-electron chi connectivity index (χ4n) is 3.34. The number of methoxy groups -OCH3 is 1. The quantitative estimate of drug-likeness (QED) is 0.729. The molecule has 0 bridgehead atoms. The van der Waals surface area contributed by atoms with Crippen molar-refractivity contribution in [1.29, 1.82) is 0 Å². The van der Waals surface area contributed by atoms with Crippen molar-refractivity contribution in [3.8, 4) is 0 Å². The van der Waals surface area contributed by atoms with Gasteiger partial charge in [0, 0.05) is 45.9 Å². The molecular formula is C14H28N2O. The first-order chi connectivity index (χ1) is 8.29. The molecule has 3 heteroatoms. The Labute approximate surface area is 106 Å². The average molecular weight is 240 g/mol. The van der Waals surface area contributed by atoms with Crippen LogP contribution in [0, 0.1) is 5.92 Å². The van der Waals surface area contributed by atoms with Crippen molar-refractivity contribution >= 4 is 0 Å². The number of nitrogens with zero attached hydrogens (tertiary/aromatic N) is 2. The van der Waals surface area contributed by atoms with Gasteiger partial charge < -0.3 is 9.64 Å². The van der Waals surface area contributed by atoms with Gasteiger partial charge in [-0.05, 0) is 25.7 Å². The van der Waals surface area contributed by atoms with Gasteiger partial charge in [-0.1, -0.05) is 12.8 Å². The van der Waals surface area contributed by atoms with Gasteiger partial charge in [-0.15, -0.1) is 0 Å². The van der Waals surface area contributed by atoms with Gasteiger partial charge in [-0.25, -0.2) is 0 Å². The fourth-order valence-corrected chi connectivity index (χ4v) is 3.34. The molecule has 0 N–H and O–H groups in total. The van der Waals surface area contributed by atoms with E-state index in [0.29, 0.717) is 6.04 Å². The summed E-state index contributed by atoms with van der Waals surface area (Å²) in [5.74, 6) is 0.993. The van der Waals surface area contributed by atoms with Crippen LogP contribution in [0.3, 0.4) is 0 Å². The summed E-state index contributed by atoms with van der Waals surface area (Å²) in [5, 5.41) is 0. The molecule has 2 rings (SSSR count). The van der Waals surface area contributed by atoms with Crippen molar-refractivity contribution in [3.63, 3.8) is 0 Å². The Morgan fingerprint density at radius 1 is 1.18 bits per heavy atom. The minimum absolute atomic E-state index is 0.695. The third kappa shape index (κ3) is 3.94. The molecule has 0 spiro atoms. The summed E-state index contributed by atoms with van der Waals surface area (Å²) in [6.45, 7) is 9.39. The van der Waals surface area contributed by atoms with Gasteiger partial charge in [-0.2, -0.15) is 0 Å². The second kappa shape index (κ2) is 6.72. The Bertz CT molecular complexity index is 216. The Hall–Kier alpha value is -0.120. The van der Waals surface area contributed by atoms with Crippen molar-refractivity contribution in [1.82, 2.24) is 9.80 Å². The van der Waals surface area contributed by atoms with E-state index in [4.69, 9.17) is 4.74 Å². The van der Waals surface area contributed by atoms with E-state index >= 15 is 0 Å². The van der Waals surface area contributed by atoms with Gasteiger partial charge in [0.15, 0.2) is 0 Å². The summed E-state index contributed by atoms with van der Waals surface area (Å²) in [5.41, 5.74) is 0. The topological polar surface area (TPSA) is 15.7 Å². The second-order valence-corrected chi connectivity index (χ2v) is 5.79. The molecule has 1 saturated carbocycles. The maximum atomic E-state index is 5.17. The maximum Gasteiger partial charge on any atom is 0.0589 e. The van der Waals surface area contributed by atoms with Crippen molar-refractivity contribution in [2.75, 3.05) is 46.4 Å². The highest BCUT2D eigenvalue weighted by Gasteiger charge is 2.25. The minimum Gasteiger partial charge on any atom is -0.383 e. The van der Waals surface area contributed by atoms with Crippen LogP contribution in [0.2, 0.25) is 0 Å². The van der Waals surface area contributed by atoms with Crippen LogP contribution in [0.5, 0.6) is 0 Å². The number of hydrogen-bond acceptors (Lipinski definition) is 3. The number of ether oxygens (including phenoxy) is 1. The molecule has 0 unspecified atom stereocenters. The van der Waals surface area contributed by atoms with Crippen LogP contribution in [0.4, 0.5) is 0 Å². The molecule has 2 fully saturated rings. The van der Waals surface area contributed by atoms with E-state index in [-0.39, 0.29) is 0 Å². The van der Waals surface area contributed by atoms with E-state index in [2.05, 4.69) is 16.7 Å². The Kier molecular flexibility index (Phi) is 5.26. The molecular weight excluding hydrogens is 212 g/mol. The van der Waals surface area contributed by atoms with Crippen LogP contribution in [0.15, 0.2) is 0 Å². The lowest BCUT2D eigenvalue weighted by Gasteiger charge is -2.40. The van der Waals surface area contributed by atoms with Crippen LogP contribution in [-0.4, -0.2) is 62.3 Å². The molecule has 0 amide bonds. The SMILES string of the molecule is COCCN1CCN(CC2CCCC2)C[C@H]1C. The molecule has 1 aliphatic carbocycles. The lowest BCUT2D eigenvalue weighted by Crippen LogP contribution is -2.53. The van der Waals surface area contributed by atoms with Crippen LogP contribution in [0.25, 0.3) is 0 Å². The third-order valence-electron chi connectivity index (χ3n) is 4.42. The Balaban J connectivity index is 1.70. The molecule has 17 heavy (non-hydrogen) atoms. The summed E-state index contributed by atoms with van der Waals surface area (Å²) in [4.78, 5) is 5.25. The fraction of sp³-hybridized carbons (Fsp3) is 1.00. The molecule has 0 aromatic carbocycles. The van der Waals surface area contributed by atoms with E-state index in [0.717, 1.165) is 19.1 Å². The highest BCUT2D eigenvalue weighted by Crippen LogP contribution is 2.26. The first kappa shape index (κ1) is 13.3. The van der Waals surface area contributed by atoms with E-state index in [1.807, 2.05) is 0 Å². The minimum atomic E-state index is 0.695. The van der Waals surface area contributed by atoms with Crippen molar-refractivity contribution in [2.24, 2.45) is 5.92 Å². The zero-order valence-electron chi connectivity index (χ0n) is 11.5. The monoisotopic (exact) mass is 240 g/mol. The summed E-state index contributed by atoms with van der Waals surface area (Å²) in [6, 6.07) is 0.695. The molecule has 3 nitrogen and oxygen atoms in total. The van der Waals surface area contributed by atoms with Crippen molar-refractivity contribution in [2.45, 2.75) is 38.6 Å². The number of rotatable bonds is 5. The van der Waals surface area contributed by atoms with Crippen LogP contribution in [-0.2, 0) is 4.74 Å². The van der Waals surface area contributed by atoms with Crippen LogP contribution >= 0.6 is 0 Å². The summed E-state index contributed by atoms with van der Waals surface area (Å²) in [7, 11) is 1.79. The molecule has 1 saturated heterocycles. The molecule has 0 radical (unpaired) electrons. The zero-order valence-corrected chi connectivity index (χ0v) is 11.5. The number of hydrogen-bond donors (Lipinski definition) is 0. The molecule has 100 valence electrons. The molecule has 0 aromatic heterocycles. The average Bonchev–Trinajstić information content (AvgIpc) is 2.81. The highest BCUT2D eigenvalue weighted by molar-refractivity contribution is 4.81. The van der Waals surface area contributed by atoms with Gasteiger partial charge in [-0.3, -0.25) is 4.90 Å². The molecule has 1 atom stereocenters. The first-order valence-corrected chi connectivity index (χ1v) is 7.25. The molecule has 2 aliphatic rings.